The molecule has 0 saturated heterocycles. The average Bonchev–Trinajstić information content (AvgIpc) is 3.19. The third kappa shape index (κ3) is 4.09. The highest BCUT2D eigenvalue weighted by atomic mass is 14.9. The van der Waals surface area contributed by atoms with Crippen LogP contribution in [0.3, 0.4) is 0 Å². The maximum atomic E-state index is 3.88. The van der Waals surface area contributed by atoms with Crippen LogP contribution in [0.1, 0.15) is 57.7 Å². The van der Waals surface area contributed by atoms with Gasteiger partial charge in [0.2, 0.25) is 0 Å². The lowest BCUT2D eigenvalue weighted by Crippen LogP contribution is -2.33. The minimum atomic E-state index is 0.565. The first-order valence-corrected chi connectivity index (χ1v) is 8.29. The van der Waals surface area contributed by atoms with Crippen LogP contribution in [-0.2, 0) is 0 Å². The Morgan fingerprint density at radius 1 is 1.00 bits per heavy atom. The smallest absolute Gasteiger partial charge is 0.0348 e. The summed E-state index contributed by atoms with van der Waals surface area (Å²) in [4.78, 5) is 0. The standard InChI is InChI=1S/C19H31N/c1-13(2)18(14(3)4)12-20-19(17-10-11-17)16-8-6-15(5)7-9-16/h6-9,13-14,17-20H,10-12H2,1-5H3. The highest BCUT2D eigenvalue weighted by Gasteiger charge is 2.32. The van der Waals surface area contributed by atoms with Gasteiger partial charge in [0.15, 0.2) is 0 Å². The molecule has 0 heterocycles. The topological polar surface area (TPSA) is 12.0 Å². The molecule has 0 radical (unpaired) electrons. The Bertz CT molecular complexity index is 392. The molecule has 1 N–H and O–H groups in total. The van der Waals surface area contributed by atoms with Crippen molar-refractivity contribution in [3.63, 3.8) is 0 Å². The SMILES string of the molecule is Cc1ccc(C(NCC(C(C)C)C(C)C)C2CC2)cc1. The molecule has 1 aromatic rings. The molecule has 2 rings (SSSR count). The van der Waals surface area contributed by atoms with Gasteiger partial charge in [-0.2, -0.15) is 0 Å². The fourth-order valence-corrected chi connectivity index (χ4v) is 3.26. The summed E-state index contributed by atoms with van der Waals surface area (Å²) < 4.78 is 0. The minimum Gasteiger partial charge on any atom is -0.309 e. The van der Waals surface area contributed by atoms with Crippen molar-refractivity contribution in [2.45, 2.75) is 53.5 Å². The summed E-state index contributed by atoms with van der Waals surface area (Å²) >= 11 is 0. The van der Waals surface area contributed by atoms with E-state index in [4.69, 9.17) is 0 Å². The Hall–Kier alpha value is -0.820. The minimum absolute atomic E-state index is 0.565. The van der Waals surface area contributed by atoms with Crippen LogP contribution in [0.15, 0.2) is 24.3 Å². The van der Waals surface area contributed by atoms with Crippen LogP contribution in [0.4, 0.5) is 0 Å². The molecule has 1 saturated carbocycles. The molecule has 1 aromatic carbocycles. The highest BCUT2D eigenvalue weighted by Crippen LogP contribution is 2.41. The molecule has 1 nitrogen and oxygen atoms in total. The largest absolute Gasteiger partial charge is 0.309 e. The van der Waals surface area contributed by atoms with E-state index in [9.17, 15) is 0 Å². The molecule has 1 unspecified atom stereocenters. The summed E-state index contributed by atoms with van der Waals surface area (Å²) in [5.41, 5.74) is 2.83. The van der Waals surface area contributed by atoms with Crippen molar-refractivity contribution >= 4 is 0 Å². The van der Waals surface area contributed by atoms with E-state index in [0.717, 1.165) is 30.2 Å². The third-order valence-electron chi connectivity index (χ3n) is 4.82. The van der Waals surface area contributed by atoms with Gasteiger partial charge in [-0.25, -0.2) is 0 Å². The van der Waals surface area contributed by atoms with E-state index in [-0.39, 0.29) is 0 Å². The van der Waals surface area contributed by atoms with Gasteiger partial charge in [0.05, 0.1) is 0 Å². The quantitative estimate of drug-likeness (QED) is 0.740. The molecule has 0 aliphatic heterocycles. The van der Waals surface area contributed by atoms with E-state index < -0.39 is 0 Å². The number of benzene rings is 1. The van der Waals surface area contributed by atoms with Crippen LogP contribution in [0.2, 0.25) is 0 Å². The predicted molar refractivity (Wildman–Crippen MR) is 87.8 cm³/mol. The summed E-state index contributed by atoms with van der Waals surface area (Å²) in [6.45, 7) is 12.7. The molecule has 1 fully saturated rings. The van der Waals surface area contributed by atoms with Gasteiger partial charge in [0, 0.05) is 6.04 Å². The van der Waals surface area contributed by atoms with Gasteiger partial charge in [-0.1, -0.05) is 57.5 Å². The predicted octanol–water partition coefficient (Wildman–Crippen LogP) is 4.96. The molecular weight excluding hydrogens is 242 g/mol. The van der Waals surface area contributed by atoms with Crippen molar-refractivity contribution in [3.8, 4) is 0 Å². The zero-order valence-corrected chi connectivity index (χ0v) is 13.8. The van der Waals surface area contributed by atoms with Crippen molar-refractivity contribution < 1.29 is 0 Å². The molecule has 1 aliphatic carbocycles. The molecule has 112 valence electrons. The fraction of sp³-hybridized carbons (Fsp3) is 0.684. The van der Waals surface area contributed by atoms with Crippen LogP contribution >= 0.6 is 0 Å². The van der Waals surface area contributed by atoms with Crippen LogP contribution in [-0.4, -0.2) is 6.54 Å². The molecule has 0 aromatic heterocycles. The average molecular weight is 273 g/mol. The van der Waals surface area contributed by atoms with Gasteiger partial charge in [-0.05, 0) is 55.5 Å². The first-order valence-electron chi connectivity index (χ1n) is 8.29. The van der Waals surface area contributed by atoms with Gasteiger partial charge in [-0.3, -0.25) is 0 Å². The monoisotopic (exact) mass is 273 g/mol. The summed E-state index contributed by atoms with van der Waals surface area (Å²) in [7, 11) is 0. The van der Waals surface area contributed by atoms with Crippen molar-refractivity contribution in [3.05, 3.63) is 35.4 Å². The Morgan fingerprint density at radius 2 is 1.55 bits per heavy atom. The second-order valence-corrected chi connectivity index (χ2v) is 7.29. The van der Waals surface area contributed by atoms with E-state index in [0.29, 0.717) is 6.04 Å². The molecule has 1 atom stereocenters. The zero-order chi connectivity index (χ0) is 14.7. The highest BCUT2D eigenvalue weighted by molar-refractivity contribution is 5.25. The van der Waals surface area contributed by atoms with E-state index >= 15 is 0 Å². The van der Waals surface area contributed by atoms with Gasteiger partial charge in [0.25, 0.3) is 0 Å². The van der Waals surface area contributed by atoms with E-state index in [1.165, 1.54) is 24.0 Å². The van der Waals surface area contributed by atoms with Gasteiger partial charge in [0.1, 0.15) is 0 Å². The maximum Gasteiger partial charge on any atom is 0.0348 e. The maximum absolute atomic E-state index is 3.88. The summed E-state index contributed by atoms with van der Waals surface area (Å²) in [6, 6.07) is 9.68. The zero-order valence-electron chi connectivity index (χ0n) is 13.8. The van der Waals surface area contributed by atoms with E-state index in [1.54, 1.807) is 0 Å². The number of aryl methyl sites for hydroxylation is 1. The molecule has 20 heavy (non-hydrogen) atoms. The van der Waals surface area contributed by atoms with E-state index in [2.05, 4.69) is 64.2 Å². The normalized spacial score (nSPS) is 17.2. The van der Waals surface area contributed by atoms with Crippen LogP contribution in [0.5, 0.6) is 0 Å². The Labute approximate surface area is 125 Å². The van der Waals surface area contributed by atoms with Gasteiger partial charge < -0.3 is 5.32 Å². The lowest BCUT2D eigenvalue weighted by Gasteiger charge is -2.28. The van der Waals surface area contributed by atoms with Crippen molar-refractivity contribution in [1.29, 1.82) is 0 Å². The van der Waals surface area contributed by atoms with Crippen molar-refractivity contribution in [2.24, 2.45) is 23.7 Å². The molecular formula is C19H31N. The Balaban J connectivity index is 2.01. The summed E-state index contributed by atoms with van der Waals surface area (Å²) in [5, 5.41) is 3.88. The first-order chi connectivity index (χ1) is 9.49. The van der Waals surface area contributed by atoms with Gasteiger partial charge >= 0.3 is 0 Å². The van der Waals surface area contributed by atoms with Crippen LogP contribution in [0, 0.1) is 30.6 Å². The number of hydrogen-bond acceptors (Lipinski definition) is 1. The second-order valence-electron chi connectivity index (χ2n) is 7.29. The molecule has 1 aliphatic rings. The molecule has 0 bridgehead atoms. The number of hydrogen-bond donors (Lipinski definition) is 1. The number of nitrogens with one attached hydrogen (secondary N) is 1. The fourth-order valence-electron chi connectivity index (χ4n) is 3.26. The van der Waals surface area contributed by atoms with Crippen molar-refractivity contribution in [2.75, 3.05) is 6.54 Å². The van der Waals surface area contributed by atoms with Crippen molar-refractivity contribution in [1.82, 2.24) is 5.32 Å². The number of rotatable bonds is 7. The lowest BCUT2D eigenvalue weighted by atomic mass is 9.85. The molecule has 1 heteroatoms. The summed E-state index contributed by atoms with van der Waals surface area (Å²) in [6.07, 6.45) is 2.78. The first kappa shape index (κ1) is 15.6. The Morgan fingerprint density at radius 3 is 2.00 bits per heavy atom. The van der Waals surface area contributed by atoms with Crippen LogP contribution in [0.25, 0.3) is 0 Å². The van der Waals surface area contributed by atoms with Crippen LogP contribution < -0.4 is 5.32 Å². The lowest BCUT2D eigenvalue weighted by molar-refractivity contribution is 0.261. The summed E-state index contributed by atoms with van der Waals surface area (Å²) in [5.74, 6) is 3.13. The van der Waals surface area contributed by atoms with E-state index in [1.807, 2.05) is 0 Å². The van der Waals surface area contributed by atoms with Gasteiger partial charge in [-0.15, -0.1) is 0 Å². The second kappa shape index (κ2) is 6.76. The Kier molecular flexibility index (Phi) is 5.26. The molecule has 0 spiro atoms. The molecule has 0 amide bonds. The third-order valence-corrected chi connectivity index (χ3v) is 4.82.